The highest BCUT2D eigenvalue weighted by Crippen LogP contribution is 2.29. The van der Waals surface area contributed by atoms with Crippen LogP contribution in [0.3, 0.4) is 0 Å². The summed E-state index contributed by atoms with van der Waals surface area (Å²) < 4.78 is 0. The molecular formula is C16H22N2O. The SMILES string of the molecule is Cc1ccc(CN(C(=O)[C@@H]2CCCN2)C2CC2)cc1. The van der Waals surface area contributed by atoms with E-state index in [9.17, 15) is 4.79 Å². The van der Waals surface area contributed by atoms with Gasteiger partial charge in [0.1, 0.15) is 0 Å². The number of hydrogen-bond donors (Lipinski definition) is 1. The largest absolute Gasteiger partial charge is 0.334 e. The highest BCUT2D eigenvalue weighted by atomic mass is 16.2. The molecular weight excluding hydrogens is 236 g/mol. The molecule has 1 aliphatic carbocycles. The standard InChI is InChI=1S/C16H22N2O/c1-12-4-6-13(7-5-12)11-18(14-8-9-14)16(19)15-3-2-10-17-15/h4-7,14-15,17H,2-3,8-11H2,1H3/t15-/m0/s1. The van der Waals surface area contributed by atoms with E-state index in [1.165, 1.54) is 24.0 Å². The molecule has 19 heavy (non-hydrogen) atoms. The Morgan fingerprint density at radius 2 is 2.00 bits per heavy atom. The lowest BCUT2D eigenvalue weighted by molar-refractivity contribution is -0.134. The molecule has 1 amide bonds. The van der Waals surface area contributed by atoms with Crippen molar-refractivity contribution in [2.45, 2.75) is 51.2 Å². The van der Waals surface area contributed by atoms with Crippen molar-refractivity contribution in [1.29, 1.82) is 0 Å². The summed E-state index contributed by atoms with van der Waals surface area (Å²) in [6.07, 6.45) is 4.46. The number of carbonyl (C=O) groups is 1. The van der Waals surface area contributed by atoms with Crippen molar-refractivity contribution >= 4 is 5.91 Å². The van der Waals surface area contributed by atoms with Crippen LogP contribution in [0.2, 0.25) is 0 Å². The summed E-state index contributed by atoms with van der Waals surface area (Å²) in [7, 11) is 0. The zero-order chi connectivity index (χ0) is 13.2. The number of nitrogens with one attached hydrogen (secondary N) is 1. The minimum absolute atomic E-state index is 0.0612. The number of benzene rings is 1. The highest BCUT2D eigenvalue weighted by Gasteiger charge is 2.36. The zero-order valence-electron chi connectivity index (χ0n) is 11.6. The fourth-order valence-corrected chi connectivity index (χ4v) is 2.76. The first-order valence-electron chi connectivity index (χ1n) is 7.33. The van der Waals surface area contributed by atoms with Crippen LogP contribution in [0.1, 0.15) is 36.8 Å². The summed E-state index contributed by atoms with van der Waals surface area (Å²) in [5.41, 5.74) is 2.51. The van der Waals surface area contributed by atoms with E-state index in [2.05, 4.69) is 41.4 Å². The van der Waals surface area contributed by atoms with E-state index in [0.717, 1.165) is 25.9 Å². The van der Waals surface area contributed by atoms with E-state index in [1.807, 2.05) is 0 Å². The van der Waals surface area contributed by atoms with Gasteiger partial charge in [0.2, 0.25) is 5.91 Å². The monoisotopic (exact) mass is 258 g/mol. The summed E-state index contributed by atoms with van der Waals surface area (Å²) in [4.78, 5) is 14.7. The molecule has 0 bridgehead atoms. The summed E-state index contributed by atoms with van der Waals surface area (Å²) in [5, 5.41) is 3.32. The van der Waals surface area contributed by atoms with Crippen LogP contribution in [0.25, 0.3) is 0 Å². The average molecular weight is 258 g/mol. The van der Waals surface area contributed by atoms with E-state index < -0.39 is 0 Å². The molecule has 102 valence electrons. The fraction of sp³-hybridized carbons (Fsp3) is 0.562. The number of aryl methyl sites for hydroxylation is 1. The minimum atomic E-state index is 0.0612. The fourth-order valence-electron chi connectivity index (χ4n) is 2.76. The lowest BCUT2D eigenvalue weighted by Gasteiger charge is -2.26. The van der Waals surface area contributed by atoms with Crippen molar-refractivity contribution in [1.82, 2.24) is 10.2 Å². The van der Waals surface area contributed by atoms with Gasteiger partial charge in [-0.3, -0.25) is 4.79 Å². The third kappa shape index (κ3) is 2.98. The maximum absolute atomic E-state index is 12.6. The lowest BCUT2D eigenvalue weighted by atomic mass is 10.1. The molecule has 1 saturated heterocycles. The van der Waals surface area contributed by atoms with E-state index in [4.69, 9.17) is 0 Å². The first kappa shape index (κ1) is 12.7. The molecule has 0 spiro atoms. The maximum Gasteiger partial charge on any atom is 0.240 e. The maximum atomic E-state index is 12.6. The third-order valence-corrected chi connectivity index (χ3v) is 4.10. The Morgan fingerprint density at radius 3 is 2.58 bits per heavy atom. The van der Waals surface area contributed by atoms with Crippen LogP contribution >= 0.6 is 0 Å². The first-order chi connectivity index (χ1) is 9.24. The van der Waals surface area contributed by atoms with Gasteiger partial charge in [0, 0.05) is 12.6 Å². The molecule has 1 N–H and O–H groups in total. The molecule has 1 heterocycles. The van der Waals surface area contributed by atoms with Gasteiger partial charge in [0.25, 0.3) is 0 Å². The van der Waals surface area contributed by atoms with Gasteiger partial charge < -0.3 is 10.2 Å². The quantitative estimate of drug-likeness (QED) is 0.898. The molecule has 0 radical (unpaired) electrons. The average Bonchev–Trinajstić information content (AvgIpc) is 3.11. The van der Waals surface area contributed by atoms with Gasteiger partial charge in [-0.05, 0) is 44.7 Å². The molecule has 1 atom stereocenters. The van der Waals surface area contributed by atoms with Crippen LogP contribution in [-0.2, 0) is 11.3 Å². The predicted molar refractivity (Wildman–Crippen MR) is 75.8 cm³/mol. The Balaban J connectivity index is 1.70. The topological polar surface area (TPSA) is 32.3 Å². The number of hydrogen-bond acceptors (Lipinski definition) is 2. The number of carbonyl (C=O) groups excluding carboxylic acids is 1. The minimum Gasteiger partial charge on any atom is -0.334 e. The van der Waals surface area contributed by atoms with Gasteiger partial charge >= 0.3 is 0 Å². The summed E-state index contributed by atoms with van der Waals surface area (Å²) in [6.45, 7) is 3.84. The van der Waals surface area contributed by atoms with Crippen molar-refractivity contribution in [3.05, 3.63) is 35.4 Å². The second-order valence-electron chi connectivity index (χ2n) is 5.83. The van der Waals surface area contributed by atoms with Crippen molar-refractivity contribution < 1.29 is 4.79 Å². The van der Waals surface area contributed by atoms with Crippen LogP contribution in [-0.4, -0.2) is 29.4 Å². The first-order valence-corrected chi connectivity index (χ1v) is 7.33. The van der Waals surface area contributed by atoms with Crippen molar-refractivity contribution in [3.63, 3.8) is 0 Å². The molecule has 2 fully saturated rings. The second kappa shape index (κ2) is 5.33. The Hall–Kier alpha value is -1.35. The molecule has 1 aromatic rings. The Kier molecular flexibility index (Phi) is 3.56. The Bertz CT molecular complexity index is 444. The molecule has 1 aliphatic heterocycles. The summed E-state index contributed by atoms with van der Waals surface area (Å²) >= 11 is 0. The van der Waals surface area contributed by atoms with E-state index in [0.29, 0.717) is 11.9 Å². The predicted octanol–water partition coefficient (Wildman–Crippen LogP) is 2.24. The molecule has 0 unspecified atom stereocenters. The second-order valence-corrected chi connectivity index (χ2v) is 5.83. The van der Waals surface area contributed by atoms with Crippen molar-refractivity contribution in [2.75, 3.05) is 6.54 Å². The van der Waals surface area contributed by atoms with E-state index >= 15 is 0 Å². The van der Waals surface area contributed by atoms with Crippen LogP contribution < -0.4 is 5.32 Å². The lowest BCUT2D eigenvalue weighted by Crippen LogP contribution is -2.44. The molecule has 2 aliphatic rings. The Labute approximate surface area is 115 Å². The number of amides is 1. The smallest absolute Gasteiger partial charge is 0.240 e. The van der Waals surface area contributed by atoms with Gasteiger partial charge in [-0.15, -0.1) is 0 Å². The van der Waals surface area contributed by atoms with E-state index in [1.54, 1.807) is 0 Å². The van der Waals surface area contributed by atoms with Gasteiger partial charge in [-0.25, -0.2) is 0 Å². The van der Waals surface area contributed by atoms with Crippen LogP contribution in [0.4, 0.5) is 0 Å². The molecule has 0 aromatic heterocycles. The molecule has 1 aromatic carbocycles. The van der Waals surface area contributed by atoms with Gasteiger partial charge in [-0.1, -0.05) is 29.8 Å². The summed E-state index contributed by atoms with van der Waals surface area (Å²) in [5.74, 6) is 0.306. The number of nitrogens with zero attached hydrogens (tertiary/aromatic N) is 1. The van der Waals surface area contributed by atoms with E-state index in [-0.39, 0.29) is 6.04 Å². The molecule has 1 saturated carbocycles. The van der Waals surface area contributed by atoms with Crippen LogP contribution in [0, 0.1) is 6.92 Å². The molecule has 3 rings (SSSR count). The molecule has 3 heteroatoms. The highest BCUT2D eigenvalue weighted by molar-refractivity contribution is 5.82. The summed E-state index contributed by atoms with van der Waals surface area (Å²) in [6, 6.07) is 9.07. The zero-order valence-corrected chi connectivity index (χ0v) is 11.6. The normalized spacial score (nSPS) is 22.5. The van der Waals surface area contributed by atoms with Gasteiger partial charge in [-0.2, -0.15) is 0 Å². The van der Waals surface area contributed by atoms with Crippen molar-refractivity contribution in [2.24, 2.45) is 0 Å². The molecule has 3 nitrogen and oxygen atoms in total. The number of rotatable bonds is 4. The van der Waals surface area contributed by atoms with Crippen LogP contribution in [0.5, 0.6) is 0 Å². The third-order valence-electron chi connectivity index (χ3n) is 4.10. The van der Waals surface area contributed by atoms with Gasteiger partial charge in [0.05, 0.1) is 6.04 Å². The van der Waals surface area contributed by atoms with Gasteiger partial charge in [0.15, 0.2) is 0 Å². The Morgan fingerprint density at radius 1 is 1.26 bits per heavy atom. The van der Waals surface area contributed by atoms with Crippen LogP contribution in [0.15, 0.2) is 24.3 Å². The van der Waals surface area contributed by atoms with Crippen molar-refractivity contribution in [3.8, 4) is 0 Å².